The van der Waals surface area contributed by atoms with Gasteiger partial charge in [0.2, 0.25) is 11.5 Å². The van der Waals surface area contributed by atoms with Gasteiger partial charge in [-0.2, -0.15) is 0 Å². The molecule has 3 rings (SSSR count). The van der Waals surface area contributed by atoms with Gasteiger partial charge in [-0.3, -0.25) is 4.79 Å². The van der Waals surface area contributed by atoms with Crippen molar-refractivity contribution in [3.63, 3.8) is 0 Å². The number of ketones is 1. The van der Waals surface area contributed by atoms with Crippen molar-refractivity contribution >= 4 is 23.5 Å². The molecule has 4 nitrogen and oxygen atoms in total. The summed E-state index contributed by atoms with van der Waals surface area (Å²) in [6, 6.07) is 6.58. The molecule has 0 spiro atoms. The number of carbonyl (C=O) groups is 1. The van der Waals surface area contributed by atoms with Crippen molar-refractivity contribution in [3.8, 4) is 17.2 Å². The molecule has 21 heavy (non-hydrogen) atoms. The van der Waals surface area contributed by atoms with Gasteiger partial charge < -0.3 is 14.9 Å². The standard InChI is InChI=1S/C15H8ClFO4/c16-9-3-1-7(5-10(9)17)6-12-13(19)8-2-4-11(18)14(20)15(8)21-12/h1-6,18,20H. The summed E-state index contributed by atoms with van der Waals surface area (Å²) in [7, 11) is 0. The van der Waals surface area contributed by atoms with E-state index in [2.05, 4.69) is 0 Å². The summed E-state index contributed by atoms with van der Waals surface area (Å²) in [5, 5.41) is 19.0. The molecule has 0 aliphatic carbocycles. The average Bonchev–Trinajstić information content (AvgIpc) is 2.76. The number of hydrogen-bond donors (Lipinski definition) is 2. The van der Waals surface area contributed by atoms with Crippen molar-refractivity contribution in [1.29, 1.82) is 0 Å². The van der Waals surface area contributed by atoms with Gasteiger partial charge in [0.1, 0.15) is 5.82 Å². The fourth-order valence-corrected chi connectivity index (χ4v) is 2.10. The molecule has 0 aromatic heterocycles. The van der Waals surface area contributed by atoms with E-state index in [9.17, 15) is 19.4 Å². The first-order valence-electron chi connectivity index (χ1n) is 5.91. The van der Waals surface area contributed by atoms with Crippen LogP contribution in [0.3, 0.4) is 0 Å². The Morgan fingerprint density at radius 2 is 1.95 bits per heavy atom. The number of phenolic OH excluding ortho intramolecular Hbond substituents is 2. The molecule has 0 saturated carbocycles. The van der Waals surface area contributed by atoms with Gasteiger partial charge in [0.15, 0.2) is 17.3 Å². The van der Waals surface area contributed by atoms with E-state index in [4.69, 9.17) is 16.3 Å². The zero-order valence-electron chi connectivity index (χ0n) is 10.4. The molecular formula is C15H8ClFO4. The summed E-state index contributed by atoms with van der Waals surface area (Å²) in [4.78, 5) is 12.1. The first-order valence-corrected chi connectivity index (χ1v) is 6.29. The molecule has 106 valence electrons. The Morgan fingerprint density at radius 3 is 2.67 bits per heavy atom. The minimum atomic E-state index is -0.616. The Morgan fingerprint density at radius 1 is 1.19 bits per heavy atom. The lowest BCUT2D eigenvalue weighted by Gasteiger charge is -2.02. The van der Waals surface area contributed by atoms with Crippen molar-refractivity contribution in [2.75, 3.05) is 0 Å². The van der Waals surface area contributed by atoms with E-state index in [1.54, 1.807) is 0 Å². The number of rotatable bonds is 1. The normalized spacial score (nSPS) is 15.1. The largest absolute Gasteiger partial charge is 0.504 e. The molecule has 1 heterocycles. The molecule has 0 amide bonds. The number of allylic oxidation sites excluding steroid dienone is 1. The number of hydrogen-bond acceptors (Lipinski definition) is 4. The molecular weight excluding hydrogens is 299 g/mol. The van der Waals surface area contributed by atoms with E-state index >= 15 is 0 Å². The van der Waals surface area contributed by atoms with Gasteiger partial charge in [0, 0.05) is 0 Å². The van der Waals surface area contributed by atoms with Gasteiger partial charge in [0.25, 0.3) is 0 Å². The highest BCUT2D eigenvalue weighted by Gasteiger charge is 2.31. The maximum atomic E-state index is 13.4. The van der Waals surface area contributed by atoms with Crippen molar-refractivity contribution in [3.05, 3.63) is 58.1 Å². The van der Waals surface area contributed by atoms with Crippen LogP contribution in [-0.4, -0.2) is 16.0 Å². The first kappa shape index (κ1) is 13.5. The molecule has 1 aliphatic heterocycles. The average molecular weight is 307 g/mol. The highest BCUT2D eigenvalue weighted by atomic mass is 35.5. The number of ether oxygens (including phenoxy) is 1. The van der Waals surface area contributed by atoms with Crippen LogP contribution in [0.25, 0.3) is 6.08 Å². The Bertz CT molecular complexity index is 799. The zero-order valence-corrected chi connectivity index (χ0v) is 11.2. The Balaban J connectivity index is 2.02. The van der Waals surface area contributed by atoms with Crippen LogP contribution >= 0.6 is 11.6 Å². The van der Waals surface area contributed by atoms with Crippen LogP contribution in [0.15, 0.2) is 36.1 Å². The molecule has 0 atom stereocenters. The number of phenols is 2. The summed E-state index contributed by atoms with van der Waals surface area (Å²) in [5.74, 6) is -2.16. The molecule has 0 radical (unpaired) electrons. The van der Waals surface area contributed by atoms with E-state index in [1.165, 1.54) is 30.3 Å². The number of halogens is 2. The highest BCUT2D eigenvalue weighted by Crippen LogP contribution is 2.44. The van der Waals surface area contributed by atoms with E-state index in [0.717, 1.165) is 6.07 Å². The molecule has 6 heteroatoms. The maximum absolute atomic E-state index is 13.4. The third kappa shape index (κ3) is 2.21. The maximum Gasteiger partial charge on any atom is 0.232 e. The Hall–Kier alpha value is -2.53. The predicted octanol–water partition coefficient (Wildman–Crippen LogP) is 3.51. The zero-order chi connectivity index (χ0) is 15.1. The lowest BCUT2D eigenvalue weighted by molar-refractivity contribution is 0.101. The fourth-order valence-electron chi connectivity index (χ4n) is 1.98. The van der Waals surface area contributed by atoms with Crippen molar-refractivity contribution < 1.29 is 24.1 Å². The smallest absolute Gasteiger partial charge is 0.232 e. The fraction of sp³-hybridized carbons (Fsp3) is 0. The van der Waals surface area contributed by atoms with E-state index < -0.39 is 17.3 Å². The van der Waals surface area contributed by atoms with Gasteiger partial charge in [-0.05, 0) is 35.9 Å². The first-order chi connectivity index (χ1) is 9.97. The minimum absolute atomic E-state index is 0.0262. The van der Waals surface area contributed by atoms with Crippen LogP contribution in [0.5, 0.6) is 17.2 Å². The van der Waals surface area contributed by atoms with Gasteiger partial charge in [0.05, 0.1) is 10.6 Å². The summed E-state index contributed by atoms with van der Waals surface area (Å²) in [5.41, 5.74) is 0.516. The second kappa shape index (κ2) is 4.79. The van der Waals surface area contributed by atoms with Gasteiger partial charge in [-0.25, -0.2) is 4.39 Å². The van der Waals surface area contributed by atoms with Crippen LogP contribution in [-0.2, 0) is 0 Å². The molecule has 0 bridgehead atoms. The Kier molecular flexibility index (Phi) is 3.07. The summed E-state index contributed by atoms with van der Waals surface area (Å²) < 4.78 is 18.6. The molecule has 2 N–H and O–H groups in total. The van der Waals surface area contributed by atoms with Gasteiger partial charge >= 0.3 is 0 Å². The number of Topliss-reactive ketones (excluding diaryl/α,β-unsaturated/α-hetero) is 1. The molecule has 0 unspecified atom stereocenters. The molecule has 2 aromatic rings. The number of fused-ring (bicyclic) bond motifs is 1. The summed E-state index contributed by atoms with van der Waals surface area (Å²) in [6.07, 6.45) is 1.33. The van der Waals surface area contributed by atoms with Gasteiger partial charge in [-0.15, -0.1) is 0 Å². The SMILES string of the molecule is O=C1C(=Cc2ccc(Cl)c(F)c2)Oc2c1ccc(O)c2O. The van der Waals surface area contributed by atoms with E-state index in [-0.39, 0.29) is 27.8 Å². The van der Waals surface area contributed by atoms with Crippen LogP contribution < -0.4 is 4.74 Å². The second-order valence-electron chi connectivity index (χ2n) is 4.42. The monoisotopic (exact) mass is 306 g/mol. The summed E-state index contributed by atoms with van der Waals surface area (Å²) >= 11 is 5.58. The second-order valence-corrected chi connectivity index (χ2v) is 4.83. The van der Waals surface area contributed by atoms with E-state index in [1.807, 2.05) is 0 Å². The number of aromatic hydroxyl groups is 2. The number of benzene rings is 2. The van der Waals surface area contributed by atoms with Crippen LogP contribution in [0.2, 0.25) is 5.02 Å². The minimum Gasteiger partial charge on any atom is -0.504 e. The number of carbonyl (C=O) groups excluding carboxylic acids is 1. The van der Waals surface area contributed by atoms with Crippen molar-refractivity contribution in [1.82, 2.24) is 0 Å². The highest BCUT2D eigenvalue weighted by molar-refractivity contribution is 6.30. The van der Waals surface area contributed by atoms with Crippen molar-refractivity contribution in [2.24, 2.45) is 0 Å². The van der Waals surface area contributed by atoms with Crippen LogP contribution in [0, 0.1) is 5.82 Å². The molecule has 1 aliphatic rings. The summed E-state index contributed by atoms with van der Waals surface area (Å²) in [6.45, 7) is 0. The van der Waals surface area contributed by atoms with Crippen LogP contribution in [0.1, 0.15) is 15.9 Å². The third-order valence-electron chi connectivity index (χ3n) is 3.03. The van der Waals surface area contributed by atoms with Gasteiger partial charge in [-0.1, -0.05) is 17.7 Å². The van der Waals surface area contributed by atoms with Crippen molar-refractivity contribution in [2.45, 2.75) is 0 Å². The lowest BCUT2D eigenvalue weighted by Crippen LogP contribution is -1.98. The quantitative estimate of drug-likeness (QED) is 0.625. The predicted molar refractivity (Wildman–Crippen MR) is 74.1 cm³/mol. The molecule has 0 fully saturated rings. The van der Waals surface area contributed by atoms with E-state index in [0.29, 0.717) is 5.56 Å². The lowest BCUT2D eigenvalue weighted by atomic mass is 10.1. The molecule has 0 saturated heterocycles. The third-order valence-corrected chi connectivity index (χ3v) is 3.34. The molecule has 2 aromatic carbocycles. The Labute approximate surface area is 123 Å². The van der Waals surface area contributed by atoms with Crippen LogP contribution in [0.4, 0.5) is 4.39 Å². The topological polar surface area (TPSA) is 66.8 Å².